The van der Waals surface area contributed by atoms with Crippen molar-refractivity contribution in [1.82, 2.24) is 19.9 Å². The molecule has 0 amide bonds. The van der Waals surface area contributed by atoms with Gasteiger partial charge < -0.3 is 24.6 Å². The fraction of sp³-hybridized carbons (Fsp3) is 0.654. The van der Waals surface area contributed by atoms with Crippen LogP contribution < -0.4 is 0 Å². The topological polar surface area (TPSA) is 105 Å². The summed E-state index contributed by atoms with van der Waals surface area (Å²) in [6.45, 7) is 4.36. The first-order valence-corrected chi connectivity index (χ1v) is 12.9. The van der Waals surface area contributed by atoms with Crippen molar-refractivity contribution < 1.29 is 28.5 Å². The van der Waals surface area contributed by atoms with Crippen molar-refractivity contribution in [3.8, 4) is 11.3 Å². The fourth-order valence-electron chi connectivity index (χ4n) is 6.12. The number of hydrogen-bond acceptors (Lipinski definition) is 8. The van der Waals surface area contributed by atoms with Gasteiger partial charge in [0.05, 0.1) is 24.2 Å². The average molecular weight is 520 g/mol. The van der Waals surface area contributed by atoms with Gasteiger partial charge >= 0.3 is 0 Å². The minimum Gasteiger partial charge on any atom is -0.394 e. The number of ether oxygens (including phenoxy) is 2. The molecule has 2 N–H and O–H groups in total. The van der Waals surface area contributed by atoms with Crippen molar-refractivity contribution in [3.05, 3.63) is 35.5 Å². The Bertz CT molecular complexity index is 1150. The number of methoxy groups -OCH3 is 1. The second kappa shape index (κ2) is 10.4. The Hall–Kier alpha value is -2.47. The summed E-state index contributed by atoms with van der Waals surface area (Å²) >= 11 is 0. The van der Waals surface area contributed by atoms with E-state index in [1.165, 1.54) is 56.3 Å². The molecule has 1 aliphatic carbocycles. The highest BCUT2D eigenvalue weighted by molar-refractivity contribution is 5.82. The lowest BCUT2D eigenvalue weighted by atomic mass is 9.82. The number of aliphatic hydroxyl groups is 2. The molecule has 11 heteroatoms. The van der Waals surface area contributed by atoms with E-state index in [9.17, 15) is 19.0 Å². The van der Waals surface area contributed by atoms with Crippen molar-refractivity contribution in [2.75, 3.05) is 26.8 Å². The van der Waals surface area contributed by atoms with Crippen LogP contribution in [0.15, 0.2) is 23.3 Å². The molecule has 0 unspecified atom stereocenters. The van der Waals surface area contributed by atoms with Crippen LogP contribution in [0.4, 0.5) is 8.78 Å². The molecule has 2 aromatic rings. The van der Waals surface area contributed by atoms with Gasteiger partial charge in [-0.05, 0) is 38.3 Å². The smallest absolute Gasteiger partial charge is 0.168 e. The number of halogens is 2. The number of benzene rings is 1. The van der Waals surface area contributed by atoms with E-state index in [-0.39, 0.29) is 22.4 Å². The van der Waals surface area contributed by atoms with Gasteiger partial charge in [-0.15, -0.1) is 5.10 Å². The molecule has 1 aromatic carbocycles. The second-order valence-corrected chi connectivity index (χ2v) is 10.5. The van der Waals surface area contributed by atoms with E-state index < -0.39 is 48.7 Å². The summed E-state index contributed by atoms with van der Waals surface area (Å²) in [5, 5.41) is 29.3. The molecule has 3 aliphatic rings. The normalized spacial score (nSPS) is 29.6. The molecule has 1 spiro atoms. The van der Waals surface area contributed by atoms with Crippen LogP contribution in [-0.2, 0) is 9.47 Å². The van der Waals surface area contributed by atoms with Gasteiger partial charge in [0, 0.05) is 25.8 Å². The van der Waals surface area contributed by atoms with E-state index in [4.69, 9.17) is 14.5 Å². The van der Waals surface area contributed by atoms with Gasteiger partial charge in [0.15, 0.2) is 11.6 Å². The maximum absolute atomic E-state index is 14.6. The van der Waals surface area contributed by atoms with E-state index in [1.54, 1.807) is 0 Å². The fourth-order valence-corrected chi connectivity index (χ4v) is 6.12. The predicted octanol–water partition coefficient (Wildman–Crippen LogP) is 2.65. The standard InChI is InChI=1S/C26H35F2N5O4/c1-15-7-8-17(22(28)21(15)27)18-11-33(31-30-18)23-24(35)20(13-34)37-19(25(23)36-3)12-32-14-26(29-16(32)2)9-5-4-6-10-26/h7-8,11,19-20,23-25,34-35H,4-6,9-10,12-14H2,1-3H3/t19-,20-,23+,24+,25+/m1/s1. The van der Waals surface area contributed by atoms with Crippen molar-refractivity contribution in [2.45, 2.75) is 81.9 Å². The molecule has 2 aliphatic heterocycles. The summed E-state index contributed by atoms with van der Waals surface area (Å²) < 4.78 is 42.2. The van der Waals surface area contributed by atoms with Crippen LogP contribution in [0.1, 0.15) is 50.6 Å². The number of hydrogen-bond donors (Lipinski definition) is 2. The molecule has 37 heavy (non-hydrogen) atoms. The lowest BCUT2D eigenvalue weighted by Crippen LogP contribution is -2.59. The number of aryl methyl sites for hydroxylation is 1. The van der Waals surface area contributed by atoms with Crippen LogP contribution in [-0.4, -0.2) is 92.7 Å². The number of aliphatic hydroxyl groups excluding tert-OH is 2. The lowest BCUT2D eigenvalue weighted by molar-refractivity contribution is -0.214. The first-order valence-electron chi connectivity index (χ1n) is 12.9. The number of nitrogens with zero attached hydrogens (tertiary/aromatic N) is 5. The molecule has 9 nitrogen and oxygen atoms in total. The third-order valence-corrected chi connectivity index (χ3v) is 8.13. The van der Waals surface area contributed by atoms with E-state index in [0.29, 0.717) is 6.54 Å². The van der Waals surface area contributed by atoms with Crippen molar-refractivity contribution in [1.29, 1.82) is 0 Å². The van der Waals surface area contributed by atoms with E-state index in [1.807, 2.05) is 6.92 Å². The quantitative estimate of drug-likeness (QED) is 0.605. The van der Waals surface area contributed by atoms with Crippen LogP contribution in [0.25, 0.3) is 11.3 Å². The minimum atomic E-state index is -1.17. The number of rotatable bonds is 6. The van der Waals surface area contributed by atoms with Gasteiger partial charge in [-0.1, -0.05) is 30.5 Å². The van der Waals surface area contributed by atoms with Crippen LogP contribution in [0.2, 0.25) is 0 Å². The Morgan fingerprint density at radius 1 is 1.14 bits per heavy atom. The van der Waals surface area contributed by atoms with E-state index in [2.05, 4.69) is 15.2 Å². The molecule has 3 heterocycles. The maximum atomic E-state index is 14.6. The minimum absolute atomic E-state index is 0.0261. The molecule has 1 saturated heterocycles. The Kier molecular flexibility index (Phi) is 7.32. The highest BCUT2D eigenvalue weighted by Crippen LogP contribution is 2.38. The summed E-state index contributed by atoms with van der Waals surface area (Å²) in [7, 11) is 1.53. The summed E-state index contributed by atoms with van der Waals surface area (Å²) in [5.74, 6) is -0.996. The Labute approximate surface area is 215 Å². The van der Waals surface area contributed by atoms with Crippen molar-refractivity contribution in [3.63, 3.8) is 0 Å². The van der Waals surface area contributed by atoms with Crippen LogP contribution in [0, 0.1) is 18.6 Å². The Morgan fingerprint density at radius 2 is 1.89 bits per heavy atom. The monoisotopic (exact) mass is 519 g/mol. The largest absolute Gasteiger partial charge is 0.394 e. The molecule has 0 radical (unpaired) electrons. The van der Waals surface area contributed by atoms with Crippen molar-refractivity contribution in [2.24, 2.45) is 4.99 Å². The van der Waals surface area contributed by atoms with Gasteiger partial charge in [-0.2, -0.15) is 0 Å². The summed E-state index contributed by atoms with van der Waals surface area (Å²) in [6, 6.07) is 2.15. The molecule has 2 fully saturated rings. The summed E-state index contributed by atoms with van der Waals surface area (Å²) in [6.07, 6.45) is 3.97. The molecular weight excluding hydrogens is 484 g/mol. The first-order chi connectivity index (χ1) is 17.8. The van der Waals surface area contributed by atoms with Crippen LogP contribution in [0.3, 0.4) is 0 Å². The van der Waals surface area contributed by atoms with Gasteiger partial charge in [0.1, 0.15) is 36.2 Å². The van der Waals surface area contributed by atoms with Gasteiger partial charge in [0.25, 0.3) is 0 Å². The molecule has 202 valence electrons. The third kappa shape index (κ3) is 4.78. The molecule has 5 rings (SSSR count). The number of aromatic nitrogens is 3. The first kappa shape index (κ1) is 26.1. The highest BCUT2D eigenvalue weighted by atomic mass is 19.2. The zero-order valence-corrected chi connectivity index (χ0v) is 21.5. The summed E-state index contributed by atoms with van der Waals surface area (Å²) in [5.41, 5.74) is 0.242. The molecule has 1 aromatic heterocycles. The maximum Gasteiger partial charge on any atom is 0.168 e. The van der Waals surface area contributed by atoms with Gasteiger partial charge in [0.2, 0.25) is 0 Å². The average Bonchev–Trinajstić information content (AvgIpc) is 3.48. The highest BCUT2D eigenvalue weighted by Gasteiger charge is 2.49. The van der Waals surface area contributed by atoms with E-state index in [0.717, 1.165) is 25.2 Å². The van der Waals surface area contributed by atoms with Gasteiger partial charge in [-0.25, -0.2) is 13.5 Å². The SMILES string of the molecule is CO[C@@H]1[C@@H](n2cc(-c3ccc(C)c(F)c3F)nn2)[C@@H](O)[C@@H](CO)O[C@@H]1CN1CC2(CCCCC2)N=C1C. The van der Waals surface area contributed by atoms with Crippen LogP contribution >= 0.6 is 0 Å². The lowest BCUT2D eigenvalue weighted by Gasteiger charge is -2.45. The predicted molar refractivity (Wildman–Crippen MR) is 132 cm³/mol. The zero-order chi connectivity index (χ0) is 26.3. The molecule has 0 bridgehead atoms. The second-order valence-electron chi connectivity index (χ2n) is 10.5. The molecule has 5 atom stereocenters. The van der Waals surface area contributed by atoms with Gasteiger partial charge in [-0.3, -0.25) is 4.99 Å². The van der Waals surface area contributed by atoms with Crippen LogP contribution in [0.5, 0.6) is 0 Å². The summed E-state index contributed by atoms with van der Waals surface area (Å²) in [4.78, 5) is 7.22. The molecule has 1 saturated carbocycles. The number of amidine groups is 1. The Morgan fingerprint density at radius 3 is 2.59 bits per heavy atom. The third-order valence-electron chi connectivity index (χ3n) is 8.13. The van der Waals surface area contributed by atoms with Crippen molar-refractivity contribution >= 4 is 5.84 Å². The Balaban J connectivity index is 1.41. The van der Waals surface area contributed by atoms with E-state index >= 15 is 0 Å². The molecular formula is C26H35F2N5O4. The zero-order valence-electron chi connectivity index (χ0n) is 21.5. The number of aliphatic imine (C=N–C) groups is 1.